The molecule has 1 aliphatic rings. The summed E-state index contributed by atoms with van der Waals surface area (Å²) in [5, 5.41) is 8.72. The molecule has 0 aliphatic carbocycles. The van der Waals surface area contributed by atoms with Gasteiger partial charge in [0.1, 0.15) is 12.4 Å². The average Bonchev–Trinajstić information content (AvgIpc) is 2.96. The first-order chi connectivity index (χ1) is 14.0. The number of hydrogen-bond acceptors (Lipinski definition) is 4. The van der Waals surface area contributed by atoms with Crippen molar-refractivity contribution in [3.63, 3.8) is 0 Å². The molecule has 0 bridgehead atoms. The van der Waals surface area contributed by atoms with Gasteiger partial charge < -0.3 is 15.0 Å². The van der Waals surface area contributed by atoms with Gasteiger partial charge in [-0.3, -0.25) is 14.6 Å². The molecule has 1 N–H and O–H groups in total. The first kappa shape index (κ1) is 24.7. The van der Waals surface area contributed by atoms with Crippen molar-refractivity contribution in [3.05, 3.63) is 46.2 Å². The van der Waals surface area contributed by atoms with Crippen molar-refractivity contribution in [2.45, 2.75) is 20.4 Å². The fourth-order valence-electron chi connectivity index (χ4n) is 3.58. The van der Waals surface area contributed by atoms with Gasteiger partial charge >= 0.3 is 0 Å². The highest BCUT2D eigenvalue weighted by Gasteiger charge is 2.20. The number of nitrogens with one attached hydrogen (secondary N) is 1. The van der Waals surface area contributed by atoms with Gasteiger partial charge in [0.05, 0.1) is 5.69 Å². The van der Waals surface area contributed by atoms with Crippen LogP contribution < -0.4 is 10.1 Å². The molecule has 1 aliphatic heterocycles. The van der Waals surface area contributed by atoms with Crippen LogP contribution >= 0.6 is 35.6 Å². The number of hydrogen-bond donors (Lipinski definition) is 1. The molecule has 0 amide bonds. The van der Waals surface area contributed by atoms with Crippen LogP contribution in [-0.4, -0.2) is 71.9 Å². The summed E-state index contributed by atoms with van der Waals surface area (Å²) in [5.41, 5.74) is 3.50. The van der Waals surface area contributed by atoms with E-state index in [0.29, 0.717) is 6.61 Å². The lowest BCUT2D eigenvalue weighted by Gasteiger charge is -2.36. The van der Waals surface area contributed by atoms with E-state index >= 15 is 0 Å². The van der Waals surface area contributed by atoms with Gasteiger partial charge in [0.25, 0.3) is 0 Å². The second kappa shape index (κ2) is 11.8. The highest BCUT2D eigenvalue weighted by atomic mass is 127. The number of ether oxygens (including phenoxy) is 1. The zero-order valence-corrected chi connectivity index (χ0v) is 21.3. The topological polar surface area (TPSA) is 57.9 Å². The summed E-state index contributed by atoms with van der Waals surface area (Å²) >= 11 is 5.90. The number of aromatic nitrogens is 2. The number of piperazine rings is 1. The number of benzene rings is 1. The molecule has 7 nitrogen and oxygen atoms in total. The molecule has 1 fully saturated rings. The Hall–Kier alpha value is -1.52. The van der Waals surface area contributed by atoms with Gasteiger partial charge in [-0.25, -0.2) is 0 Å². The van der Waals surface area contributed by atoms with Crippen molar-refractivity contribution < 1.29 is 4.74 Å². The predicted octanol–water partition coefficient (Wildman–Crippen LogP) is 3.08. The summed E-state index contributed by atoms with van der Waals surface area (Å²) in [6.07, 6.45) is 0. The van der Waals surface area contributed by atoms with Gasteiger partial charge in [-0.1, -0.05) is 11.6 Å². The van der Waals surface area contributed by atoms with Crippen molar-refractivity contribution in [1.82, 2.24) is 24.9 Å². The summed E-state index contributed by atoms with van der Waals surface area (Å²) in [6.45, 7) is 10.4. The second-order valence-electron chi connectivity index (χ2n) is 7.30. The van der Waals surface area contributed by atoms with Crippen LogP contribution in [0.2, 0.25) is 5.02 Å². The Balaban J connectivity index is 0.00000320. The van der Waals surface area contributed by atoms with E-state index in [-0.39, 0.29) is 24.0 Å². The third-order valence-corrected chi connectivity index (χ3v) is 5.71. The fourth-order valence-corrected chi connectivity index (χ4v) is 3.71. The quantitative estimate of drug-likeness (QED) is 0.343. The Morgan fingerprint density at radius 3 is 2.40 bits per heavy atom. The monoisotopic (exact) mass is 546 g/mol. The van der Waals surface area contributed by atoms with Gasteiger partial charge in [-0.15, -0.1) is 24.0 Å². The molecule has 3 rings (SSSR count). The fraction of sp³-hybridized carbons (Fsp3) is 0.524. The normalized spacial score (nSPS) is 15.1. The minimum atomic E-state index is 0. The van der Waals surface area contributed by atoms with E-state index in [4.69, 9.17) is 16.3 Å². The lowest BCUT2D eigenvalue weighted by molar-refractivity contribution is 0.152. The summed E-state index contributed by atoms with van der Waals surface area (Å²) in [5.74, 6) is 1.81. The van der Waals surface area contributed by atoms with Crippen LogP contribution in [0.1, 0.15) is 17.0 Å². The molecule has 166 valence electrons. The van der Waals surface area contributed by atoms with Gasteiger partial charge in [0.15, 0.2) is 5.96 Å². The van der Waals surface area contributed by atoms with Crippen molar-refractivity contribution in [1.29, 1.82) is 0 Å². The highest BCUT2D eigenvalue weighted by molar-refractivity contribution is 14.0. The molecule has 2 heterocycles. The zero-order chi connectivity index (χ0) is 20.8. The Labute approximate surface area is 201 Å². The van der Waals surface area contributed by atoms with E-state index in [0.717, 1.165) is 61.7 Å². The maximum absolute atomic E-state index is 5.90. The third-order valence-electron chi connectivity index (χ3n) is 5.46. The summed E-state index contributed by atoms with van der Waals surface area (Å²) in [6, 6.07) is 7.51. The van der Waals surface area contributed by atoms with Crippen molar-refractivity contribution >= 4 is 41.5 Å². The molecule has 1 aromatic heterocycles. The molecule has 30 heavy (non-hydrogen) atoms. The molecule has 1 aromatic carbocycles. The Bertz CT molecular complexity index is 831. The van der Waals surface area contributed by atoms with Gasteiger partial charge in [0, 0.05) is 69.6 Å². The lowest BCUT2D eigenvalue weighted by Crippen LogP contribution is -2.52. The minimum absolute atomic E-state index is 0. The Morgan fingerprint density at radius 2 is 1.83 bits per heavy atom. The summed E-state index contributed by atoms with van der Waals surface area (Å²) in [7, 11) is 3.83. The Kier molecular flexibility index (Phi) is 9.70. The maximum atomic E-state index is 5.90. The maximum Gasteiger partial charge on any atom is 0.194 e. The van der Waals surface area contributed by atoms with E-state index in [2.05, 4.69) is 39.1 Å². The number of aliphatic imine (C=N–C) groups is 1. The van der Waals surface area contributed by atoms with Crippen LogP contribution in [0.4, 0.5) is 0 Å². The van der Waals surface area contributed by atoms with Crippen molar-refractivity contribution in [2.75, 3.05) is 46.4 Å². The number of nitrogens with zero attached hydrogens (tertiary/aromatic N) is 5. The molecular weight excluding hydrogens is 515 g/mol. The highest BCUT2D eigenvalue weighted by Crippen LogP contribution is 2.15. The van der Waals surface area contributed by atoms with E-state index in [1.807, 2.05) is 43.0 Å². The van der Waals surface area contributed by atoms with Crippen LogP contribution in [0.5, 0.6) is 5.75 Å². The molecule has 9 heteroatoms. The van der Waals surface area contributed by atoms with E-state index < -0.39 is 0 Å². The number of guanidine groups is 1. The molecule has 0 saturated carbocycles. The van der Waals surface area contributed by atoms with Crippen LogP contribution in [0, 0.1) is 13.8 Å². The van der Waals surface area contributed by atoms with Crippen LogP contribution in [0.25, 0.3) is 0 Å². The largest absolute Gasteiger partial charge is 0.492 e. The summed E-state index contributed by atoms with van der Waals surface area (Å²) < 4.78 is 7.74. The van der Waals surface area contributed by atoms with E-state index in [1.165, 1.54) is 11.3 Å². The van der Waals surface area contributed by atoms with E-state index in [1.54, 1.807) is 0 Å². The molecule has 0 radical (unpaired) electrons. The zero-order valence-electron chi connectivity index (χ0n) is 18.2. The number of halogens is 2. The molecule has 0 atom stereocenters. The van der Waals surface area contributed by atoms with Crippen molar-refractivity contribution in [3.8, 4) is 5.75 Å². The number of aryl methyl sites for hydroxylation is 2. The van der Waals surface area contributed by atoms with Gasteiger partial charge in [-0.2, -0.15) is 5.10 Å². The number of rotatable bonds is 6. The standard InChI is InChI=1S/C21H31ClN6O.HI/c1-16-20(17(2)26(4)25-16)15-24-21(23-3)28-11-9-27(10-12-28)13-14-29-19-7-5-18(22)6-8-19;/h5-8H,9-15H2,1-4H3,(H,23,24);1H. The minimum Gasteiger partial charge on any atom is -0.492 e. The van der Waals surface area contributed by atoms with Crippen LogP contribution in [0.15, 0.2) is 29.3 Å². The smallest absolute Gasteiger partial charge is 0.194 e. The molecule has 2 aromatic rings. The predicted molar refractivity (Wildman–Crippen MR) is 133 cm³/mol. The molecule has 1 saturated heterocycles. The van der Waals surface area contributed by atoms with Gasteiger partial charge in [-0.05, 0) is 38.1 Å². The molecule has 0 spiro atoms. The van der Waals surface area contributed by atoms with E-state index in [9.17, 15) is 0 Å². The van der Waals surface area contributed by atoms with Gasteiger partial charge in [0.2, 0.25) is 0 Å². The second-order valence-corrected chi connectivity index (χ2v) is 7.74. The first-order valence-corrected chi connectivity index (χ1v) is 10.4. The lowest BCUT2D eigenvalue weighted by atomic mass is 10.2. The Morgan fingerprint density at radius 1 is 1.17 bits per heavy atom. The SMILES string of the molecule is CN=C(NCc1c(C)nn(C)c1C)N1CCN(CCOc2ccc(Cl)cc2)CC1.I. The van der Waals surface area contributed by atoms with Crippen LogP contribution in [0.3, 0.4) is 0 Å². The van der Waals surface area contributed by atoms with Crippen molar-refractivity contribution in [2.24, 2.45) is 12.0 Å². The summed E-state index contributed by atoms with van der Waals surface area (Å²) in [4.78, 5) is 9.22. The average molecular weight is 547 g/mol. The van der Waals surface area contributed by atoms with Crippen LogP contribution in [-0.2, 0) is 13.6 Å². The first-order valence-electron chi connectivity index (χ1n) is 10.0. The third kappa shape index (κ3) is 6.49. The molecular formula is C21H32ClIN6O. The molecule has 0 unspecified atom stereocenters.